The van der Waals surface area contributed by atoms with Crippen molar-refractivity contribution < 1.29 is 9.53 Å². The highest BCUT2D eigenvalue weighted by molar-refractivity contribution is 7.99. The first-order valence-electron chi connectivity index (χ1n) is 4.69. The minimum absolute atomic E-state index is 0.0789. The molecule has 0 amide bonds. The van der Waals surface area contributed by atoms with E-state index in [-0.39, 0.29) is 12.2 Å². The van der Waals surface area contributed by atoms with Crippen molar-refractivity contribution in [1.29, 1.82) is 0 Å². The fourth-order valence-corrected chi connectivity index (χ4v) is 1.51. The van der Waals surface area contributed by atoms with Crippen LogP contribution in [0.1, 0.15) is 17.3 Å². The maximum Gasteiger partial charge on any atom is 0.345 e. The van der Waals surface area contributed by atoms with Gasteiger partial charge in [-0.1, -0.05) is 17.8 Å². The SMILES string of the molecule is C=CCSc1ncc(C(=O)OCC)c(=O)[nH]1. The Kier molecular flexibility index (Phi) is 4.78. The normalized spacial score (nSPS) is 9.81. The topological polar surface area (TPSA) is 72.0 Å². The van der Waals surface area contributed by atoms with Crippen molar-refractivity contribution in [3.8, 4) is 0 Å². The van der Waals surface area contributed by atoms with Gasteiger partial charge in [0.15, 0.2) is 5.16 Å². The van der Waals surface area contributed by atoms with Gasteiger partial charge in [0, 0.05) is 11.9 Å². The highest BCUT2D eigenvalue weighted by Crippen LogP contribution is 2.09. The third-order valence-corrected chi connectivity index (χ3v) is 2.49. The Balaban J connectivity index is 2.87. The second-order valence-electron chi connectivity index (χ2n) is 2.75. The van der Waals surface area contributed by atoms with Crippen LogP contribution in [0.4, 0.5) is 0 Å². The molecule has 0 aromatic carbocycles. The minimum atomic E-state index is -0.656. The number of esters is 1. The summed E-state index contributed by atoms with van der Waals surface area (Å²) in [6.07, 6.45) is 2.92. The highest BCUT2D eigenvalue weighted by Gasteiger charge is 2.12. The number of ether oxygens (including phenoxy) is 1. The molecule has 0 radical (unpaired) electrons. The van der Waals surface area contributed by atoms with Gasteiger partial charge < -0.3 is 9.72 Å². The predicted molar refractivity (Wildman–Crippen MR) is 61.7 cm³/mol. The molecule has 0 atom stereocenters. The van der Waals surface area contributed by atoms with Crippen LogP contribution in [0, 0.1) is 0 Å². The zero-order valence-electron chi connectivity index (χ0n) is 8.86. The van der Waals surface area contributed by atoms with E-state index in [0.29, 0.717) is 10.9 Å². The molecule has 86 valence electrons. The molecule has 0 aliphatic rings. The average molecular weight is 240 g/mol. The zero-order chi connectivity index (χ0) is 12.0. The second kappa shape index (κ2) is 6.12. The monoisotopic (exact) mass is 240 g/mol. The van der Waals surface area contributed by atoms with Gasteiger partial charge in [0.1, 0.15) is 5.56 Å². The molecule has 1 aromatic rings. The van der Waals surface area contributed by atoms with Crippen LogP contribution >= 0.6 is 11.8 Å². The molecule has 0 fully saturated rings. The second-order valence-corrected chi connectivity index (χ2v) is 3.76. The number of H-pyrrole nitrogens is 1. The van der Waals surface area contributed by atoms with Crippen LogP contribution in [0.3, 0.4) is 0 Å². The summed E-state index contributed by atoms with van der Waals surface area (Å²) < 4.78 is 4.71. The van der Waals surface area contributed by atoms with Gasteiger partial charge in [-0.05, 0) is 6.92 Å². The maximum atomic E-state index is 11.5. The Bertz CT molecular complexity index is 442. The van der Waals surface area contributed by atoms with Crippen LogP contribution in [0.2, 0.25) is 0 Å². The van der Waals surface area contributed by atoms with E-state index in [1.165, 1.54) is 18.0 Å². The standard InChI is InChI=1S/C10H12N2O3S/c1-3-5-16-10-11-6-7(8(13)12-10)9(14)15-4-2/h3,6H,1,4-5H2,2H3,(H,11,12,13). The van der Waals surface area contributed by atoms with Crippen molar-refractivity contribution in [2.45, 2.75) is 12.1 Å². The third kappa shape index (κ3) is 3.23. The first-order valence-corrected chi connectivity index (χ1v) is 5.67. The number of hydrogen-bond acceptors (Lipinski definition) is 5. The third-order valence-electron chi connectivity index (χ3n) is 1.61. The zero-order valence-corrected chi connectivity index (χ0v) is 9.67. The van der Waals surface area contributed by atoms with Gasteiger partial charge in [0.05, 0.1) is 6.61 Å². The minimum Gasteiger partial charge on any atom is -0.462 e. The van der Waals surface area contributed by atoms with Crippen molar-refractivity contribution in [2.75, 3.05) is 12.4 Å². The van der Waals surface area contributed by atoms with Crippen molar-refractivity contribution in [1.82, 2.24) is 9.97 Å². The van der Waals surface area contributed by atoms with Gasteiger partial charge in [-0.15, -0.1) is 6.58 Å². The Labute approximate surface area is 96.9 Å². The molecule has 0 aliphatic heterocycles. The van der Waals surface area contributed by atoms with Crippen molar-refractivity contribution in [2.24, 2.45) is 0 Å². The van der Waals surface area contributed by atoms with E-state index in [0.717, 1.165) is 0 Å². The summed E-state index contributed by atoms with van der Waals surface area (Å²) in [5.41, 5.74) is -0.565. The highest BCUT2D eigenvalue weighted by atomic mass is 32.2. The first-order chi connectivity index (χ1) is 7.69. The van der Waals surface area contributed by atoms with Gasteiger partial charge in [-0.2, -0.15) is 0 Å². The molecule has 0 saturated carbocycles. The Morgan fingerprint density at radius 3 is 3.06 bits per heavy atom. The van der Waals surface area contributed by atoms with Crippen LogP contribution in [0.25, 0.3) is 0 Å². The summed E-state index contributed by atoms with van der Waals surface area (Å²) in [6.45, 7) is 5.46. The van der Waals surface area contributed by atoms with E-state index in [4.69, 9.17) is 4.74 Å². The van der Waals surface area contributed by atoms with Gasteiger partial charge in [-0.3, -0.25) is 4.79 Å². The molecule has 0 unspecified atom stereocenters. The van der Waals surface area contributed by atoms with E-state index in [1.807, 2.05) is 0 Å². The van der Waals surface area contributed by atoms with E-state index in [9.17, 15) is 9.59 Å². The molecule has 1 N–H and O–H groups in total. The molecule has 5 nitrogen and oxygen atoms in total. The number of aromatic amines is 1. The number of thioether (sulfide) groups is 1. The van der Waals surface area contributed by atoms with E-state index < -0.39 is 11.5 Å². The summed E-state index contributed by atoms with van der Waals surface area (Å²) in [5.74, 6) is -0.0154. The summed E-state index contributed by atoms with van der Waals surface area (Å²) in [5, 5.41) is 0.456. The molecular weight excluding hydrogens is 228 g/mol. The maximum absolute atomic E-state index is 11.5. The summed E-state index contributed by atoms with van der Waals surface area (Å²) in [7, 11) is 0. The largest absolute Gasteiger partial charge is 0.462 e. The lowest BCUT2D eigenvalue weighted by atomic mass is 10.3. The lowest BCUT2D eigenvalue weighted by Crippen LogP contribution is -2.20. The molecule has 0 spiro atoms. The Morgan fingerprint density at radius 2 is 2.50 bits per heavy atom. The van der Waals surface area contributed by atoms with Gasteiger partial charge >= 0.3 is 5.97 Å². The molecule has 0 saturated heterocycles. The molecular formula is C10H12N2O3S. The fraction of sp³-hybridized carbons (Fsp3) is 0.300. The van der Waals surface area contributed by atoms with Gasteiger partial charge in [-0.25, -0.2) is 9.78 Å². The number of carbonyl (C=O) groups is 1. The van der Waals surface area contributed by atoms with E-state index in [1.54, 1.807) is 13.0 Å². The molecule has 1 aromatic heterocycles. The lowest BCUT2D eigenvalue weighted by Gasteiger charge is -2.01. The van der Waals surface area contributed by atoms with Gasteiger partial charge in [0.2, 0.25) is 0 Å². The van der Waals surface area contributed by atoms with E-state index >= 15 is 0 Å². The number of nitrogens with one attached hydrogen (secondary N) is 1. The summed E-state index contributed by atoms with van der Waals surface area (Å²) >= 11 is 1.33. The molecule has 0 aliphatic carbocycles. The van der Waals surface area contributed by atoms with Crippen molar-refractivity contribution in [3.63, 3.8) is 0 Å². The smallest absolute Gasteiger partial charge is 0.345 e. The first kappa shape index (κ1) is 12.5. The fourth-order valence-electron chi connectivity index (χ4n) is 0.944. The van der Waals surface area contributed by atoms with Crippen LogP contribution in [0.5, 0.6) is 0 Å². The van der Waals surface area contributed by atoms with E-state index in [2.05, 4.69) is 16.5 Å². The molecule has 0 bridgehead atoms. The molecule has 1 heterocycles. The molecule has 1 rings (SSSR count). The average Bonchev–Trinajstić information content (AvgIpc) is 2.26. The number of carbonyl (C=O) groups excluding carboxylic acids is 1. The Hall–Kier alpha value is -1.56. The number of aromatic nitrogens is 2. The lowest BCUT2D eigenvalue weighted by molar-refractivity contribution is 0.0523. The van der Waals surface area contributed by atoms with Gasteiger partial charge in [0.25, 0.3) is 5.56 Å². The Morgan fingerprint density at radius 1 is 1.75 bits per heavy atom. The van der Waals surface area contributed by atoms with Crippen molar-refractivity contribution >= 4 is 17.7 Å². The number of nitrogens with zero attached hydrogens (tertiary/aromatic N) is 1. The van der Waals surface area contributed by atoms with Crippen LogP contribution < -0.4 is 5.56 Å². The van der Waals surface area contributed by atoms with Crippen LogP contribution in [-0.2, 0) is 4.74 Å². The number of rotatable bonds is 5. The molecule has 6 heteroatoms. The summed E-state index contributed by atoms with van der Waals surface area (Å²) in [4.78, 5) is 29.2. The quantitative estimate of drug-likeness (QED) is 0.362. The van der Waals surface area contributed by atoms with Crippen LogP contribution in [-0.4, -0.2) is 28.3 Å². The van der Waals surface area contributed by atoms with Crippen molar-refractivity contribution in [3.05, 3.63) is 34.8 Å². The molecule has 16 heavy (non-hydrogen) atoms. The predicted octanol–water partition coefficient (Wildman–Crippen LogP) is 1.22. The number of hydrogen-bond donors (Lipinski definition) is 1. The summed E-state index contributed by atoms with van der Waals surface area (Å²) in [6, 6.07) is 0. The van der Waals surface area contributed by atoms with Crippen LogP contribution in [0.15, 0.2) is 28.8 Å².